The van der Waals surface area contributed by atoms with Crippen LogP contribution in [0.5, 0.6) is 0 Å². The zero-order valence-electron chi connectivity index (χ0n) is 10.7. The lowest BCUT2D eigenvalue weighted by molar-refractivity contribution is -0.137. The van der Waals surface area contributed by atoms with Crippen LogP contribution in [0.3, 0.4) is 0 Å². The van der Waals surface area contributed by atoms with Crippen LogP contribution in [-0.4, -0.2) is 17.1 Å². The molecule has 0 aliphatic heterocycles. The highest BCUT2D eigenvalue weighted by molar-refractivity contribution is 5.84. The second-order valence-corrected chi connectivity index (χ2v) is 4.87. The number of carbonyl (C=O) groups is 1. The van der Waals surface area contributed by atoms with Crippen molar-refractivity contribution in [3.05, 3.63) is 53.6 Å². The van der Waals surface area contributed by atoms with Gasteiger partial charge in [-0.2, -0.15) is 0 Å². The van der Waals surface area contributed by atoms with E-state index in [4.69, 9.17) is 5.11 Å². The maximum atomic E-state index is 11.0. The van der Waals surface area contributed by atoms with Crippen LogP contribution < -0.4 is 5.32 Å². The van der Waals surface area contributed by atoms with Crippen LogP contribution in [0.25, 0.3) is 11.1 Å². The van der Waals surface area contributed by atoms with Gasteiger partial charge in [-0.25, -0.2) is 0 Å². The summed E-state index contributed by atoms with van der Waals surface area (Å²) in [4.78, 5) is 11.0. The van der Waals surface area contributed by atoms with Gasteiger partial charge in [-0.05, 0) is 35.2 Å². The maximum Gasteiger partial charge on any atom is 0.325 e. The van der Waals surface area contributed by atoms with Crippen LogP contribution in [0.1, 0.15) is 18.1 Å². The molecule has 3 nitrogen and oxygen atoms in total. The van der Waals surface area contributed by atoms with Crippen molar-refractivity contribution >= 4 is 11.7 Å². The van der Waals surface area contributed by atoms with Gasteiger partial charge in [0.25, 0.3) is 0 Å². The zero-order valence-corrected chi connectivity index (χ0v) is 10.7. The van der Waals surface area contributed by atoms with E-state index in [0.29, 0.717) is 0 Å². The molecule has 0 radical (unpaired) electrons. The Balaban J connectivity index is 2.01. The lowest BCUT2D eigenvalue weighted by Crippen LogP contribution is -2.25. The van der Waals surface area contributed by atoms with Crippen molar-refractivity contribution in [2.45, 2.75) is 19.4 Å². The van der Waals surface area contributed by atoms with Crippen molar-refractivity contribution in [2.75, 3.05) is 5.32 Å². The van der Waals surface area contributed by atoms with Gasteiger partial charge in [0.2, 0.25) is 0 Å². The largest absolute Gasteiger partial charge is 0.480 e. The summed E-state index contributed by atoms with van der Waals surface area (Å²) in [6.45, 7) is 1.66. The molecule has 0 saturated carbocycles. The molecule has 0 spiro atoms. The minimum atomic E-state index is -0.840. The molecule has 3 heteroatoms. The highest BCUT2D eigenvalue weighted by Crippen LogP contribution is 2.40. The Morgan fingerprint density at radius 1 is 1.16 bits per heavy atom. The van der Waals surface area contributed by atoms with E-state index in [1.54, 1.807) is 6.92 Å². The standard InChI is InChI=1S/C16H15NO2/c1-10(16(18)19)17-15-8-4-7-13-12-6-3-2-5-11(12)9-14(13)15/h2-8,10,17H,9H2,1H3,(H,18,19)/t10-/m0/s1. The highest BCUT2D eigenvalue weighted by atomic mass is 16.4. The lowest BCUT2D eigenvalue weighted by Gasteiger charge is -2.14. The monoisotopic (exact) mass is 253 g/mol. The highest BCUT2D eigenvalue weighted by Gasteiger charge is 2.21. The van der Waals surface area contributed by atoms with Gasteiger partial charge in [0.05, 0.1) is 0 Å². The van der Waals surface area contributed by atoms with Crippen LogP contribution in [0, 0.1) is 0 Å². The summed E-state index contributed by atoms with van der Waals surface area (Å²) in [5.41, 5.74) is 5.87. The Hall–Kier alpha value is -2.29. The predicted octanol–water partition coefficient (Wildman–Crippen LogP) is 3.14. The number of hydrogen-bond donors (Lipinski definition) is 2. The molecule has 1 aliphatic rings. The first-order valence-electron chi connectivity index (χ1n) is 6.36. The van der Waals surface area contributed by atoms with E-state index in [1.807, 2.05) is 24.3 Å². The van der Waals surface area contributed by atoms with Crippen LogP contribution in [0.2, 0.25) is 0 Å². The Bertz CT molecular complexity index is 649. The summed E-state index contributed by atoms with van der Waals surface area (Å²) in [7, 11) is 0. The van der Waals surface area contributed by atoms with Gasteiger partial charge in [0, 0.05) is 12.1 Å². The summed E-state index contributed by atoms with van der Waals surface area (Å²) in [6.07, 6.45) is 0.862. The molecule has 0 unspecified atom stereocenters. The minimum absolute atomic E-state index is 0.588. The molecular formula is C16H15NO2. The third-order valence-electron chi connectivity index (χ3n) is 3.59. The molecular weight excluding hydrogens is 238 g/mol. The van der Waals surface area contributed by atoms with Crippen LogP contribution in [0.4, 0.5) is 5.69 Å². The van der Waals surface area contributed by atoms with E-state index in [0.717, 1.165) is 12.1 Å². The second-order valence-electron chi connectivity index (χ2n) is 4.87. The van der Waals surface area contributed by atoms with E-state index in [1.165, 1.54) is 22.3 Å². The van der Waals surface area contributed by atoms with Crippen molar-refractivity contribution < 1.29 is 9.90 Å². The van der Waals surface area contributed by atoms with E-state index in [-0.39, 0.29) is 0 Å². The Morgan fingerprint density at radius 2 is 1.89 bits per heavy atom. The number of nitrogens with one attached hydrogen (secondary N) is 1. The molecule has 19 heavy (non-hydrogen) atoms. The summed E-state index contributed by atoms with van der Waals surface area (Å²) in [5.74, 6) is -0.840. The first-order valence-corrected chi connectivity index (χ1v) is 6.36. The molecule has 1 atom stereocenters. The average molecular weight is 253 g/mol. The molecule has 0 amide bonds. The molecule has 3 rings (SSSR count). The van der Waals surface area contributed by atoms with Gasteiger partial charge in [-0.3, -0.25) is 4.79 Å². The number of aliphatic carboxylic acids is 1. The zero-order chi connectivity index (χ0) is 13.4. The van der Waals surface area contributed by atoms with Crippen molar-refractivity contribution in [2.24, 2.45) is 0 Å². The molecule has 2 aromatic rings. The molecule has 0 aromatic heterocycles. The smallest absolute Gasteiger partial charge is 0.325 e. The number of carboxylic acid groups (broad SMARTS) is 1. The van der Waals surface area contributed by atoms with E-state index in [9.17, 15) is 4.79 Å². The minimum Gasteiger partial charge on any atom is -0.480 e. The van der Waals surface area contributed by atoms with E-state index >= 15 is 0 Å². The normalized spacial score (nSPS) is 13.5. The van der Waals surface area contributed by atoms with E-state index < -0.39 is 12.0 Å². The Morgan fingerprint density at radius 3 is 2.68 bits per heavy atom. The van der Waals surface area contributed by atoms with Crippen LogP contribution in [-0.2, 0) is 11.2 Å². The first kappa shape index (κ1) is 11.8. The fraction of sp³-hybridized carbons (Fsp3) is 0.188. The quantitative estimate of drug-likeness (QED) is 0.754. The van der Waals surface area contributed by atoms with Crippen molar-refractivity contribution in [1.29, 1.82) is 0 Å². The summed E-state index contributed by atoms with van der Waals surface area (Å²) in [5, 5.41) is 12.1. The van der Waals surface area contributed by atoms with Crippen LogP contribution >= 0.6 is 0 Å². The third-order valence-corrected chi connectivity index (χ3v) is 3.59. The number of fused-ring (bicyclic) bond motifs is 3. The first-order chi connectivity index (χ1) is 9.16. The van der Waals surface area contributed by atoms with Gasteiger partial charge in [0.15, 0.2) is 0 Å². The molecule has 2 N–H and O–H groups in total. The lowest BCUT2D eigenvalue weighted by atomic mass is 10.0. The molecule has 96 valence electrons. The SMILES string of the molecule is C[C@H](Nc1cccc2c1Cc1ccccc1-2)C(=O)O. The molecule has 0 bridgehead atoms. The van der Waals surface area contributed by atoms with Crippen molar-refractivity contribution in [1.82, 2.24) is 0 Å². The molecule has 0 fully saturated rings. The Labute approximate surface area is 111 Å². The van der Waals surface area contributed by atoms with Crippen molar-refractivity contribution in [3.8, 4) is 11.1 Å². The van der Waals surface area contributed by atoms with Gasteiger partial charge < -0.3 is 10.4 Å². The number of hydrogen-bond acceptors (Lipinski definition) is 2. The van der Waals surface area contributed by atoms with Gasteiger partial charge in [-0.15, -0.1) is 0 Å². The van der Waals surface area contributed by atoms with Gasteiger partial charge in [-0.1, -0.05) is 36.4 Å². The number of benzene rings is 2. The molecule has 0 heterocycles. The molecule has 1 aliphatic carbocycles. The fourth-order valence-electron chi connectivity index (χ4n) is 2.59. The predicted molar refractivity (Wildman–Crippen MR) is 75.4 cm³/mol. The van der Waals surface area contributed by atoms with E-state index in [2.05, 4.69) is 23.5 Å². The topological polar surface area (TPSA) is 49.3 Å². The van der Waals surface area contributed by atoms with Gasteiger partial charge >= 0.3 is 5.97 Å². The third kappa shape index (κ3) is 1.97. The van der Waals surface area contributed by atoms with Crippen molar-refractivity contribution in [3.63, 3.8) is 0 Å². The number of carboxylic acids is 1. The number of anilines is 1. The molecule has 2 aromatic carbocycles. The summed E-state index contributed by atoms with van der Waals surface area (Å²) >= 11 is 0. The maximum absolute atomic E-state index is 11.0. The summed E-state index contributed by atoms with van der Waals surface area (Å²) in [6, 6.07) is 13.7. The second kappa shape index (κ2) is 4.43. The molecule has 0 saturated heterocycles. The summed E-state index contributed by atoms with van der Waals surface area (Å²) < 4.78 is 0. The number of rotatable bonds is 3. The van der Waals surface area contributed by atoms with Crippen LogP contribution in [0.15, 0.2) is 42.5 Å². The van der Waals surface area contributed by atoms with Gasteiger partial charge in [0.1, 0.15) is 6.04 Å². The average Bonchev–Trinajstić information content (AvgIpc) is 2.78. The Kier molecular flexibility index (Phi) is 2.75. The fourth-order valence-corrected chi connectivity index (χ4v) is 2.59.